The molecule has 0 amide bonds. The molecule has 2 aliphatic rings. The number of ether oxygens (including phenoxy) is 1. The second-order valence-electron chi connectivity index (χ2n) is 8.36. The molecule has 5 rings (SSSR count). The zero-order valence-electron chi connectivity index (χ0n) is 17.8. The maximum atomic E-state index is 5.91. The van der Waals surface area contributed by atoms with Gasteiger partial charge in [-0.05, 0) is 31.6 Å². The van der Waals surface area contributed by atoms with E-state index in [4.69, 9.17) is 9.26 Å². The van der Waals surface area contributed by atoms with Crippen molar-refractivity contribution in [3.05, 3.63) is 36.2 Å². The minimum absolute atomic E-state index is 0.228. The molecule has 31 heavy (non-hydrogen) atoms. The van der Waals surface area contributed by atoms with Gasteiger partial charge in [0.1, 0.15) is 0 Å². The smallest absolute Gasteiger partial charge is 0.237 e. The Morgan fingerprint density at radius 3 is 2.71 bits per heavy atom. The molecular weight excluding hydrogens is 412 g/mol. The lowest BCUT2D eigenvalue weighted by Gasteiger charge is -2.31. The standard InChI is InChI=1S/C22H28N6O2S/c1-16-9-11-27(12-10-16)21-24-25-22(28(21)14-18-8-5-13-29-18)31-15-19-23-20(26-30-19)17-6-3-2-4-7-17/h2-4,6-7,16,18H,5,8-15H2,1H3. The average Bonchev–Trinajstić information content (AvgIpc) is 3.56. The maximum Gasteiger partial charge on any atom is 0.237 e. The predicted octanol–water partition coefficient (Wildman–Crippen LogP) is 4.04. The highest BCUT2D eigenvalue weighted by molar-refractivity contribution is 7.98. The second kappa shape index (κ2) is 9.40. The molecule has 164 valence electrons. The number of piperidine rings is 1. The summed E-state index contributed by atoms with van der Waals surface area (Å²) < 4.78 is 13.6. The molecular formula is C22H28N6O2S. The molecule has 0 saturated carbocycles. The average molecular weight is 441 g/mol. The van der Waals surface area contributed by atoms with Crippen molar-refractivity contribution >= 4 is 17.7 Å². The van der Waals surface area contributed by atoms with Gasteiger partial charge in [0.15, 0.2) is 5.16 Å². The third kappa shape index (κ3) is 4.77. The van der Waals surface area contributed by atoms with Crippen molar-refractivity contribution in [2.45, 2.75) is 56.2 Å². The molecule has 3 aromatic rings. The van der Waals surface area contributed by atoms with Gasteiger partial charge in [0, 0.05) is 25.3 Å². The topological polar surface area (TPSA) is 82.1 Å². The number of anilines is 1. The van der Waals surface area contributed by atoms with E-state index in [-0.39, 0.29) is 6.10 Å². The van der Waals surface area contributed by atoms with Crippen LogP contribution in [0.4, 0.5) is 5.95 Å². The molecule has 0 radical (unpaired) electrons. The molecule has 0 aliphatic carbocycles. The SMILES string of the molecule is CC1CCN(c2nnc(SCc3nc(-c4ccccc4)no3)n2CC2CCCO2)CC1. The van der Waals surface area contributed by atoms with Crippen LogP contribution in [0.1, 0.15) is 38.5 Å². The minimum Gasteiger partial charge on any atom is -0.376 e. The Morgan fingerprint density at radius 2 is 1.94 bits per heavy atom. The van der Waals surface area contributed by atoms with E-state index < -0.39 is 0 Å². The highest BCUT2D eigenvalue weighted by atomic mass is 32.2. The lowest BCUT2D eigenvalue weighted by Crippen LogP contribution is -2.35. The Bertz CT molecular complexity index is 977. The Kier molecular flexibility index (Phi) is 6.22. The molecule has 8 nitrogen and oxygen atoms in total. The molecule has 2 aromatic heterocycles. The molecule has 2 fully saturated rings. The van der Waals surface area contributed by atoms with Gasteiger partial charge in [0.05, 0.1) is 18.4 Å². The number of nitrogens with zero attached hydrogens (tertiary/aromatic N) is 6. The molecule has 2 aliphatic heterocycles. The van der Waals surface area contributed by atoms with Crippen LogP contribution >= 0.6 is 11.8 Å². The zero-order chi connectivity index (χ0) is 21.0. The maximum absolute atomic E-state index is 5.91. The molecule has 1 aromatic carbocycles. The summed E-state index contributed by atoms with van der Waals surface area (Å²) in [7, 11) is 0. The van der Waals surface area contributed by atoms with Gasteiger partial charge in [0.2, 0.25) is 17.7 Å². The van der Waals surface area contributed by atoms with E-state index >= 15 is 0 Å². The molecule has 0 bridgehead atoms. The first kappa shape index (κ1) is 20.5. The van der Waals surface area contributed by atoms with Gasteiger partial charge >= 0.3 is 0 Å². The largest absolute Gasteiger partial charge is 0.376 e. The van der Waals surface area contributed by atoms with Gasteiger partial charge in [-0.2, -0.15) is 4.98 Å². The molecule has 4 heterocycles. The third-order valence-electron chi connectivity index (χ3n) is 6.00. The highest BCUT2D eigenvalue weighted by Crippen LogP contribution is 2.29. The van der Waals surface area contributed by atoms with E-state index in [9.17, 15) is 0 Å². The summed E-state index contributed by atoms with van der Waals surface area (Å²) in [4.78, 5) is 6.91. The number of hydrogen-bond donors (Lipinski definition) is 0. The van der Waals surface area contributed by atoms with Crippen LogP contribution in [0.2, 0.25) is 0 Å². The lowest BCUT2D eigenvalue weighted by atomic mass is 10.00. The molecule has 1 atom stereocenters. The molecule has 0 spiro atoms. The monoisotopic (exact) mass is 440 g/mol. The van der Waals surface area contributed by atoms with Crippen LogP contribution in [0.5, 0.6) is 0 Å². The number of thioether (sulfide) groups is 1. The van der Waals surface area contributed by atoms with Crippen LogP contribution < -0.4 is 4.90 Å². The van der Waals surface area contributed by atoms with Crippen LogP contribution in [0.3, 0.4) is 0 Å². The normalized spacial score (nSPS) is 19.9. The van der Waals surface area contributed by atoms with Gasteiger partial charge in [-0.25, -0.2) is 0 Å². The van der Waals surface area contributed by atoms with Crippen molar-refractivity contribution in [1.82, 2.24) is 24.9 Å². The first-order valence-corrected chi connectivity index (χ1v) is 12.1. The fourth-order valence-corrected chi connectivity index (χ4v) is 4.91. The molecule has 9 heteroatoms. The Morgan fingerprint density at radius 1 is 1.10 bits per heavy atom. The van der Waals surface area contributed by atoms with Crippen LogP contribution in [0.15, 0.2) is 40.0 Å². The lowest BCUT2D eigenvalue weighted by molar-refractivity contribution is 0.0951. The van der Waals surface area contributed by atoms with E-state index in [0.29, 0.717) is 17.5 Å². The van der Waals surface area contributed by atoms with E-state index in [1.165, 1.54) is 12.8 Å². The second-order valence-corrected chi connectivity index (χ2v) is 9.31. The van der Waals surface area contributed by atoms with Crippen molar-refractivity contribution in [1.29, 1.82) is 0 Å². The Balaban J connectivity index is 1.31. The summed E-state index contributed by atoms with van der Waals surface area (Å²) in [6.45, 7) is 6.01. The molecule has 2 saturated heterocycles. The first-order valence-electron chi connectivity index (χ1n) is 11.1. The summed E-state index contributed by atoms with van der Waals surface area (Å²) in [6.07, 6.45) is 4.82. The van der Waals surface area contributed by atoms with Crippen molar-refractivity contribution in [2.75, 3.05) is 24.6 Å². The van der Waals surface area contributed by atoms with Gasteiger partial charge in [-0.15, -0.1) is 10.2 Å². The summed E-state index contributed by atoms with van der Waals surface area (Å²) in [5.41, 5.74) is 0.950. The van der Waals surface area contributed by atoms with E-state index in [2.05, 4.69) is 36.7 Å². The van der Waals surface area contributed by atoms with E-state index in [1.54, 1.807) is 11.8 Å². The van der Waals surface area contributed by atoms with Gasteiger partial charge < -0.3 is 14.2 Å². The summed E-state index contributed by atoms with van der Waals surface area (Å²) in [5.74, 6) is 3.49. The third-order valence-corrected chi connectivity index (χ3v) is 6.95. The van der Waals surface area contributed by atoms with Gasteiger partial charge in [-0.1, -0.05) is 54.2 Å². The Labute approximate surface area is 186 Å². The summed E-state index contributed by atoms with van der Waals surface area (Å²) in [6, 6.07) is 9.87. The van der Waals surface area contributed by atoms with Gasteiger partial charge in [0.25, 0.3) is 0 Å². The van der Waals surface area contributed by atoms with Crippen LogP contribution in [-0.4, -0.2) is 50.7 Å². The number of benzene rings is 1. The Hall–Kier alpha value is -2.39. The van der Waals surface area contributed by atoms with E-state index in [1.807, 2.05) is 30.3 Å². The predicted molar refractivity (Wildman–Crippen MR) is 119 cm³/mol. The van der Waals surface area contributed by atoms with Crippen LogP contribution in [0.25, 0.3) is 11.4 Å². The van der Waals surface area contributed by atoms with Gasteiger partial charge in [-0.3, -0.25) is 4.57 Å². The quantitative estimate of drug-likeness (QED) is 0.509. The van der Waals surface area contributed by atoms with Crippen LogP contribution in [-0.2, 0) is 17.0 Å². The number of hydrogen-bond acceptors (Lipinski definition) is 8. The number of aromatic nitrogens is 5. The minimum atomic E-state index is 0.228. The fraction of sp³-hybridized carbons (Fsp3) is 0.545. The van der Waals surface area contributed by atoms with Crippen molar-refractivity contribution < 1.29 is 9.26 Å². The number of rotatable bonds is 7. The first-order chi connectivity index (χ1) is 15.3. The summed E-state index contributed by atoms with van der Waals surface area (Å²) >= 11 is 1.59. The van der Waals surface area contributed by atoms with Crippen molar-refractivity contribution in [2.24, 2.45) is 5.92 Å². The highest BCUT2D eigenvalue weighted by Gasteiger charge is 2.26. The van der Waals surface area contributed by atoms with Crippen LogP contribution in [0, 0.1) is 5.92 Å². The molecule has 0 N–H and O–H groups in total. The van der Waals surface area contributed by atoms with Crippen molar-refractivity contribution in [3.63, 3.8) is 0 Å². The summed E-state index contributed by atoms with van der Waals surface area (Å²) in [5, 5.41) is 14.1. The fourth-order valence-electron chi connectivity index (χ4n) is 4.13. The zero-order valence-corrected chi connectivity index (χ0v) is 18.6. The molecule has 1 unspecified atom stereocenters. The van der Waals surface area contributed by atoms with E-state index in [0.717, 1.165) is 61.7 Å². The van der Waals surface area contributed by atoms with Crippen molar-refractivity contribution in [3.8, 4) is 11.4 Å².